The molecule has 6 nitrogen and oxygen atoms in total. The van der Waals surface area contributed by atoms with Crippen molar-refractivity contribution in [2.24, 2.45) is 0 Å². The van der Waals surface area contributed by atoms with Gasteiger partial charge in [-0.15, -0.1) is 5.10 Å². The molecule has 0 saturated heterocycles. The number of H-pyrrole nitrogens is 1. The summed E-state index contributed by atoms with van der Waals surface area (Å²) >= 11 is 1.53. The number of hydrogen-bond acceptors (Lipinski definition) is 5. The predicted octanol–water partition coefficient (Wildman–Crippen LogP) is 3.78. The van der Waals surface area contributed by atoms with Gasteiger partial charge in [0.2, 0.25) is 5.16 Å². The summed E-state index contributed by atoms with van der Waals surface area (Å²) in [6, 6.07) is 19.6. The maximum Gasteiger partial charge on any atom is 0.290 e. The molecule has 2 aromatic carbocycles. The second kappa shape index (κ2) is 7.67. The summed E-state index contributed by atoms with van der Waals surface area (Å²) < 4.78 is 7.08. The van der Waals surface area contributed by atoms with Gasteiger partial charge in [-0.3, -0.25) is 4.79 Å². The molecule has 0 atom stereocenters. The number of thioether (sulfide) groups is 1. The van der Waals surface area contributed by atoms with Crippen LogP contribution < -0.4 is 10.3 Å². The van der Waals surface area contributed by atoms with Crippen molar-refractivity contribution in [2.75, 3.05) is 6.61 Å². The minimum absolute atomic E-state index is 0.260. The highest BCUT2D eigenvalue weighted by molar-refractivity contribution is 7.98. The predicted molar refractivity (Wildman–Crippen MR) is 106 cm³/mol. The largest absolute Gasteiger partial charge is 0.494 e. The van der Waals surface area contributed by atoms with Crippen LogP contribution in [0.2, 0.25) is 0 Å². The smallest absolute Gasteiger partial charge is 0.290 e. The van der Waals surface area contributed by atoms with Crippen LogP contribution in [0, 0.1) is 0 Å². The standard InChI is InChI=1S/C20H18N4O2S/c1-2-26-16-10-8-15(9-11-16)17-12-18-19(25)21-22-20(24(18)23-17)27-13-14-6-4-3-5-7-14/h3-12H,2,13H2,1H3,(H,21,25). The van der Waals surface area contributed by atoms with Gasteiger partial charge in [0.05, 0.1) is 12.3 Å². The minimum Gasteiger partial charge on any atom is -0.494 e. The van der Waals surface area contributed by atoms with Crippen molar-refractivity contribution in [3.05, 3.63) is 76.6 Å². The Morgan fingerprint density at radius 3 is 2.63 bits per heavy atom. The SMILES string of the molecule is CCOc1ccc(-c2cc3c(=O)[nH]nc(SCc4ccccc4)n3n2)cc1. The Hall–Kier alpha value is -3.06. The molecule has 0 saturated carbocycles. The first-order chi connectivity index (χ1) is 13.2. The molecular weight excluding hydrogens is 360 g/mol. The van der Waals surface area contributed by atoms with Gasteiger partial charge in [0, 0.05) is 11.3 Å². The maximum atomic E-state index is 12.2. The molecule has 136 valence electrons. The summed E-state index contributed by atoms with van der Waals surface area (Å²) in [6.07, 6.45) is 0. The lowest BCUT2D eigenvalue weighted by molar-refractivity contribution is 0.340. The van der Waals surface area contributed by atoms with Crippen LogP contribution in [0.3, 0.4) is 0 Å². The number of benzene rings is 2. The van der Waals surface area contributed by atoms with Gasteiger partial charge in [0.25, 0.3) is 5.56 Å². The van der Waals surface area contributed by atoms with E-state index < -0.39 is 0 Å². The molecule has 4 aromatic rings. The molecule has 0 spiro atoms. The fraction of sp³-hybridized carbons (Fsp3) is 0.150. The zero-order valence-electron chi connectivity index (χ0n) is 14.8. The van der Waals surface area contributed by atoms with Gasteiger partial charge in [0.1, 0.15) is 11.3 Å². The first-order valence-electron chi connectivity index (χ1n) is 8.63. The topological polar surface area (TPSA) is 72.3 Å². The number of hydrogen-bond donors (Lipinski definition) is 1. The fourth-order valence-electron chi connectivity index (χ4n) is 2.74. The molecule has 0 bridgehead atoms. The first kappa shape index (κ1) is 17.4. The van der Waals surface area contributed by atoms with Crippen LogP contribution in [0.5, 0.6) is 5.75 Å². The molecule has 1 N–H and O–H groups in total. The number of fused-ring (bicyclic) bond motifs is 1. The molecule has 2 aromatic heterocycles. The quantitative estimate of drug-likeness (QED) is 0.517. The molecule has 0 aliphatic carbocycles. The molecule has 0 aliphatic rings. The number of nitrogens with one attached hydrogen (secondary N) is 1. The van der Waals surface area contributed by atoms with E-state index in [0.29, 0.717) is 17.3 Å². The highest BCUT2D eigenvalue weighted by Crippen LogP contribution is 2.25. The third-order valence-corrected chi connectivity index (χ3v) is 5.05. The van der Waals surface area contributed by atoms with Crippen molar-refractivity contribution in [1.82, 2.24) is 19.8 Å². The van der Waals surface area contributed by atoms with Gasteiger partial charge in [-0.05, 0) is 42.8 Å². The van der Waals surface area contributed by atoms with E-state index in [1.807, 2.05) is 49.4 Å². The number of ether oxygens (including phenoxy) is 1. The van der Waals surface area contributed by atoms with Crippen LogP contribution >= 0.6 is 11.8 Å². The van der Waals surface area contributed by atoms with E-state index in [2.05, 4.69) is 27.4 Å². The first-order valence-corrected chi connectivity index (χ1v) is 9.61. The van der Waals surface area contributed by atoms with E-state index in [1.165, 1.54) is 17.3 Å². The summed E-state index contributed by atoms with van der Waals surface area (Å²) in [5, 5.41) is 12.0. The van der Waals surface area contributed by atoms with Crippen molar-refractivity contribution in [3.63, 3.8) is 0 Å². The average molecular weight is 378 g/mol. The Labute approximate surface area is 160 Å². The molecule has 0 fully saturated rings. The van der Waals surface area contributed by atoms with Gasteiger partial charge < -0.3 is 4.74 Å². The van der Waals surface area contributed by atoms with Crippen molar-refractivity contribution in [1.29, 1.82) is 0 Å². The Morgan fingerprint density at radius 2 is 1.89 bits per heavy atom. The Kier molecular flexibility index (Phi) is 4.93. The second-order valence-corrected chi connectivity index (χ2v) is 6.84. The zero-order valence-corrected chi connectivity index (χ0v) is 15.6. The Balaban J connectivity index is 1.66. The van der Waals surface area contributed by atoms with E-state index >= 15 is 0 Å². The summed E-state index contributed by atoms with van der Waals surface area (Å²) in [6.45, 7) is 2.57. The molecule has 0 radical (unpaired) electrons. The van der Waals surface area contributed by atoms with Crippen LogP contribution in [-0.4, -0.2) is 26.4 Å². The summed E-state index contributed by atoms with van der Waals surface area (Å²) in [5.41, 5.74) is 3.04. The van der Waals surface area contributed by atoms with E-state index in [1.54, 1.807) is 10.6 Å². The molecule has 2 heterocycles. The lowest BCUT2D eigenvalue weighted by atomic mass is 10.1. The lowest BCUT2D eigenvalue weighted by Gasteiger charge is -2.03. The number of rotatable bonds is 6. The molecule has 0 aliphatic heterocycles. The maximum absolute atomic E-state index is 12.2. The number of aromatic amines is 1. The Morgan fingerprint density at radius 1 is 1.11 bits per heavy atom. The van der Waals surface area contributed by atoms with Crippen molar-refractivity contribution in [3.8, 4) is 17.0 Å². The highest BCUT2D eigenvalue weighted by Gasteiger charge is 2.12. The van der Waals surface area contributed by atoms with E-state index in [-0.39, 0.29) is 5.56 Å². The third-order valence-electron chi connectivity index (χ3n) is 4.05. The molecular formula is C20H18N4O2S. The van der Waals surface area contributed by atoms with Gasteiger partial charge >= 0.3 is 0 Å². The van der Waals surface area contributed by atoms with E-state index in [4.69, 9.17) is 4.74 Å². The minimum atomic E-state index is -0.260. The average Bonchev–Trinajstić information content (AvgIpc) is 3.16. The van der Waals surface area contributed by atoms with Crippen LogP contribution in [0.15, 0.2) is 70.6 Å². The zero-order chi connectivity index (χ0) is 18.6. The fourth-order valence-corrected chi connectivity index (χ4v) is 3.60. The van der Waals surface area contributed by atoms with Crippen LogP contribution in [0.1, 0.15) is 12.5 Å². The number of aromatic nitrogens is 4. The molecule has 0 unspecified atom stereocenters. The normalized spacial score (nSPS) is 11.0. The lowest BCUT2D eigenvalue weighted by Crippen LogP contribution is -2.13. The van der Waals surface area contributed by atoms with Gasteiger partial charge in [0.15, 0.2) is 0 Å². The summed E-state index contributed by atoms with van der Waals surface area (Å²) in [5.74, 6) is 1.55. The molecule has 0 amide bonds. The monoisotopic (exact) mass is 378 g/mol. The summed E-state index contributed by atoms with van der Waals surface area (Å²) in [4.78, 5) is 12.2. The van der Waals surface area contributed by atoms with Gasteiger partial charge in [-0.2, -0.15) is 5.10 Å². The van der Waals surface area contributed by atoms with Gasteiger partial charge in [-0.1, -0.05) is 42.1 Å². The summed E-state index contributed by atoms with van der Waals surface area (Å²) in [7, 11) is 0. The van der Waals surface area contributed by atoms with Crippen LogP contribution in [0.4, 0.5) is 0 Å². The third kappa shape index (κ3) is 3.73. The van der Waals surface area contributed by atoms with Gasteiger partial charge in [-0.25, -0.2) is 9.61 Å². The highest BCUT2D eigenvalue weighted by atomic mass is 32.2. The second-order valence-electron chi connectivity index (χ2n) is 5.89. The van der Waals surface area contributed by atoms with E-state index in [9.17, 15) is 4.79 Å². The molecule has 27 heavy (non-hydrogen) atoms. The molecule has 4 rings (SSSR count). The number of nitrogens with zero attached hydrogens (tertiary/aromatic N) is 3. The van der Waals surface area contributed by atoms with E-state index in [0.717, 1.165) is 22.8 Å². The van der Waals surface area contributed by atoms with Crippen LogP contribution in [0.25, 0.3) is 16.8 Å². The van der Waals surface area contributed by atoms with Crippen molar-refractivity contribution in [2.45, 2.75) is 17.8 Å². The van der Waals surface area contributed by atoms with Crippen LogP contribution in [-0.2, 0) is 5.75 Å². The Bertz CT molecular complexity index is 1100. The van der Waals surface area contributed by atoms with Crippen molar-refractivity contribution < 1.29 is 4.74 Å². The van der Waals surface area contributed by atoms with Crippen molar-refractivity contribution >= 4 is 17.3 Å². The molecule has 7 heteroatoms.